The van der Waals surface area contributed by atoms with Gasteiger partial charge in [-0.15, -0.1) is 11.3 Å². The number of hydrogen-bond donors (Lipinski definition) is 2. The summed E-state index contributed by atoms with van der Waals surface area (Å²) in [7, 11) is 0. The lowest BCUT2D eigenvalue weighted by Crippen LogP contribution is -2.27. The monoisotopic (exact) mass is 353 g/mol. The molecule has 1 amide bonds. The van der Waals surface area contributed by atoms with Crippen LogP contribution in [0.2, 0.25) is 0 Å². The number of carbonyl (C=O) groups excluding carboxylic acids is 1. The zero-order valence-electron chi connectivity index (χ0n) is 14.5. The average Bonchev–Trinajstić information content (AvgIpc) is 3.29. The molecule has 4 nitrogen and oxygen atoms in total. The topological polar surface area (TPSA) is 54.0 Å². The molecule has 0 bridgehead atoms. The largest absolute Gasteiger partial charge is 0.357 e. The molecule has 130 valence electrons. The molecule has 5 heteroatoms. The van der Waals surface area contributed by atoms with Crippen LogP contribution in [-0.2, 0) is 6.54 Å². The van der Waals surface area contributed by atoms with Gasteiger partial charge in [0.2, 0.25) is 0 Å². The van der Waals surface area contributed by atoms with Crippen LogP contribution < -0.4 is 10.6 Å². The average molecular weight is 353 g/mol. The van der Waals surface area contributed by atoms with Gasteiger partial charge < -0.3 is 10.6 Å². The molecule has 0 saturated heterocycles. The predicted octanol–water partition coefficient (Wildman–Crippen LogP) is 4.35. The molecule has 25 heavy (non-hydrogen) atoms. The molecule has 0 atom stereocenters. The van der Waals surface area contributed by atoms with Crippen LogP contribution in [0.15, 0.2) is 53.9 Å². The molecule has 1 aromatic heterocycles. The second kappa shape index (κ2) is 8.12. The maximum Gasteiger partial charge on any atom is 0.251 e. The Kier molecular flexibility index (Phi) is 5.66. The van der Waals surface area contributed by atoms with Crippen molar-refractivity contribution in [2.24, 2.45) is 5.92 Å². The van der Waals surface area contributed by atoms with Gasteiger partial charge in [0, 0.05) is 30.0 Å². The van der Waals surface area contributed by atoms with Gasteiger partial charge in [-0.2, -0.15) is 0 Å². The normalized spacial score (nSPS) is 13.6. The van der Waals surface area contributed by atoms with E-state index in [1.54, 1.807) is 11.3 Å². The molecular weight excluding hydrogens is 330 g/mol. The second-order valence-electron chi connectivity index (χ2n) is 6.53. The minimum atomic E-state index is -0.0181. The quantitative estimate of drug-likeness (QED) is 0.778. The van der Waals surface area contributed by atoms with Crippen molar-refractivity contribution >= 4 is 22.4 Å². The van der Waals surface area contributed by atoms with E-state index < -0.39 is 0 Å². The minimum Gasteiger partial charge on any atom is -0.357 e. The van der Waals surface area contributed by atoms with Gasteiger partial charge in [0.05, 0.1) is 5.69 Å². The molecule has 1 aromatic carbocycles. The molecule has 3 rings (SSSR count). The summed E-state index contributed by atoms with van der Waals surface area (Å²) in [6, 6.07) is 7.70. The Hall–Kier alpha value is -2.40. The van der Waals surface area contributed by atoms with E-state index in [0.717, 1.165) is 16.4 Å². The summed E-state index contributed by atoms with van der Waals surface area (Å²) < 4.78 is 0. The molecule has 2 aromatic rings. The van der Waals surface area contributed by atoms with Crippen molar-refractivity contribution in [3.05, 3.63) is 70.8 Å². The van der Waals surface area contributed by atoms with Crippen molar-refractivity contribution in [3.8, 4) is 0 Å². The van der Waals surface area contributed by atoms with E-state index in [1.165, 1.54) is 0 Å². The molecule has 0 spiro atoms. The molecule has 0 aliphatic heterocycles. The zero-order chi connectivity index (χ0) is 17.6. The first-order valence-corrected chi connectivity index (χ1v) is 9.41. The van der Waals surface area contributed by atoms with Crippen molar-refractivity contribution in [2.75, 3.05) is 11.9 Å². The SMILES string of the molecule is CC(C)CNC(=O)c1ccc(CNc2nc(C3C=CC=C3)cs2)cc1. The highest BCUT2D eigenvalue weighted by Gasteiger charge is 2.11. The zero-order valence-corrected chi connectivity index (χ0v) is 15.3. The van der Waals surface area contributed by atoms with Crippen LogP contribution in [0.3, 0.4) is 0 Å². The van der Waals surface area contributed by atoms with Gasteiger partial charge in [-0.1, -0.05) is 50.3 Å². The standard InChI is InChI=1S/C20H23N3OS/c1-14(2)11-21-19(24)17-9-7-15(8-10-17)12-22-20-23-18(13-25-20)16-5-3-4-6-16/h3-10,13-14,16H,11-12H2,1-2H3,(H,21,24)(H,22,23). The summed E-state index contributed by atoms with van der Waals surface area (Å²) in [5, 5.41) is 9.29. The summed E-state index contributed by atoms with van der Waals surface area (Å²) in [6.45, 7) is 5.55. The molecule has 2 N–H and O–H groups in total. The Morgan fingerprint density at radius 1 is 1.20 bits per heavy atom. The van der Waals surface area contributed by atoms with Crippen molar-refractivity contribution in [1.29, 1.82) is 0 Å². The van der Waals surface area contributed by atoms with Gasteiger partial charge >= 0.3 is 0 Å². The van der Waals surface area contributed by atoms with E-state index in [2.05, 4.69) is 59.1 Å². The van der Waals surface area contributed by atoms with Crippen molar-refractivity contribution in [2.45, 2.75) is 26.3 Å². The van der Waals surface area contributed by atoms with Gasteiger partial charge in [0.25, 0.3) is 5.91 Å². The fourth-order valence-corrected chi connectivity index (χ4v) is 3.26. The number of hydrogen-bond acceptors (Lipinski definition) is 4. The van der Waals surface area contributed by atoms with Crippen LogP contribution in [-0.4, -0.2) is 17.4 Å². The number of anilines is 1. The molecule has 0 saturated carbocycles. The second-order valence-corrected chi connectivity index (χ2v) is 7.39. The number of nitrogens with one attached hydrogen (secondary N) is 2. The van der Waals surface area contributed by atoms with Gasteiger partial charge in [0.15, 0.2) is 5.13 Å². The number of rotatable bonds is 7. The van der Waals surface area contributed by atoms with Crippen LogP contribution in [0, 0.1) is 5.92 Å². The van der Waals surface area contributed by atoms with Crippen molar-refractivity contribution < 1.29 is 4.79 Å². The van der Waals surface area contributed by atoms with Crippen LogP contribution >= 0.6 is 11.3 Å². The number of amides is 1. The Morgan fingerprint density at radius 2 is 1.92 bits per heavy atom. The first-order chi connectivity index (χ1) is 12.1. The summed E-state index contributed by atoms with van der Waals surface area (Å²) in [6.07, 6.45) is 8.38. The number of nitrogens with zero attached hydrogens (tertiary/aromatic N) is 1. The van der Waals surface area contributed by atoms with E-state index in [0.29, 0.717) is 30.5 Å². The number of aromatic nitrogens is 1. The fraction of sp³-hybridized carbons (Fsp3) is 0.300. The highest BCUT2D eigenvalue weighted by Crippen LogP contribution is 2.26. The number of thiazole rings is 1. The molecular formula is C20H23N3OS. The van der Waals surface area contributed by atoms with E-state index in [1.807, 2.05) is 24.3 Å². The first-order valence-electron chi connectivity index (χ1n) is 8.53. The molecule has 0 fully saturated rings. The van der Waals surface area contributed by atoms with Crippen LogP contribution in [0.5, 0.6) is 0 Å². The highest BCUT2D eigenvalue weighted by molar-refractivity contribution is 7.13. The highest BCUT2D eigenvalue weighted by atomic mass is 32.1. The van der Waals surface area contributed by atoms with Crippen molar-refractivity contribution in [1.82, 2.24) is 10.3 Å². The fourth-order valence-electron chi connectivity index (χ4n) is 2.50. The maximum absolute atomic E-state index is 12.0. The number of allylic oxidation sites excluding steroid dienone is 4. The minimum absolute atomic E-state index is 0.0181. The predicted molar refractivity (Wildman–Crippen MR) is 104 cm³/mol. The Balaban J connectivity index is 1.52. The Morgan fingerprint density at radius 3 is 2.60 bits per heavy atom. The third kappa shape index (κ3) is 4.79. The van der Waals surface area contributed by atoms with E-state index in [-0.39, 0.29) is 5.91 Å². The third-order valence-corrected chi connectivity index (χ3v) is 4.76. The molecule has 1 aliphatic rings. The summed E-state index contributed by atoms with van der Waals surface area (Å²) >= 11 is 1.62. The van der Waals surface area contributed by atoms with Gasteiger partial charge in [-0.3, -0.25) is 4.79 Å². The van der Waals surface area contributed by atoms with Crippen LogP contribution in [0.4, 0.5) is 5.13 Å². The Labute approximate surface area is 152 Å². The summed E-state index contributed by atoms with van der Waals surface area (Å²) in [5.74, 6) is 0.733. The van der Waals surface area contributed by atoms with E-state index in [9.17, 15) is 4.79 Å². The lowest BCUT2D eigenvalue weighted by atomic mass is 10.1. The maximum atomic E-state index is 12.0. The molecule has 0 unspecified atom stereocenters. The summed E-state index contributed by atoms with van der Waals surface area (Å²) in [4.78, 5) is 16.7. The summed E-state index contributed by atoms with van der Waals surface area (Å²) in [5.41, 5.74) is 2.90. The van der Waals surface area contributed by atoms with E-state index >= 15 is 0 Å². The van der Waals surface area contributed by atoms with Crippen LogP contribution in [0.1, 0.15) is 41.4 Å². The lowest BCUT2D eigenvalue weighted by molar-refractivity contribution is 0.0949. The third-order valence-electron chi connectivity index (χ3n) is 3.94. The first kappa shape index (κ1) is 17.4. The molecule has 1 heterocycles. The number of carbonyl (C=O) groups is 1. The smallest absolute Gasteiger partial charge is 0.251 e. The van der Waals surface area contributed by atoms with Crippen molar-refractivity contribution in [3.63, 3.8) is 0 Å². The Bertz CT molecular complexity index is 762. The van der Waals surface area contributed by atoms with Gasteiger partial charge in [-0.25, -0.2) is 4.98 Å². The molecule has 1 aliphatic carbocycles. The number of benzene rings is 1. The molecule has 0 radical (unpaired) electrons. The van der Waals surface area contributed by atoms with Gasteiger partial charge in [-0.05, 0) is 23.6 Å². The van der Waals surface area contributed by atoms with E-state index in [4.69, 9.17) is 0 Å². The lowest BCUT2D eigenvalue weighted by Gasteiger charge is -2.08. The van der Waals surface area contributed by atoms with Gasteiger partial charge in [0.1, 0.15) is 0 Å². The van der Waals surface area contributed by atoms with Crippen LogP contribution in [0.25, 0.3) is 0 Å².